The summed E-state index contributed by atoms with van der Waals surface area (Å²) < 4.78 is 1.55. The number of carbonyl (C=O) groups excluding carboxylic acids is 1. The number of nitrogens with zero attached hydrogens (tertiary/aromatic N) is 3. The predicted octanol–water partition coefficient (Wildman–Crippen LogP) is 3.41. The summed E-state index contributed by atoms with van der Waals surface area (Å²) in [5, 5.41) is 8.90. The summed E-state index contributed by atoms with van der Waals surface area (Å²) in [7, 11) is 0. The fourth-order valence-electron chi connectivity index (χ4n) is 1.50. The molecule has 0 amide bonds. The van der Waals surface area contributed by atoms with Crippen LogP contribution in [0.3, 0.4) is 0 Å². The minimum atomic E-state index is 0.296. The van der Waals surface area contributed by atoms with Crippen LogP contribution in [0.25, 0.3) is 0 Å². The van der Waals surface area contributed by atoms with Gasteiger partial charge < -0.3 is 0 Å². The highest BCUT2D eigenvalue weighted by molar-refractivity contribution is 6.44. The van der Waals surface area contributed by atoms with Crippen molar-refractivity contribution < 1.29 is 4.79 Å². The van der Waals surface area contributed by atoms with Gasteiger partial charge in [0.25, 0.3) is 0 Å². The first-order chi connectivity index (χ1) is 8.54. The fourth-order valence-corrected chi connectivity index (χ4v) is 2.16. The lowest BCUT2D eigenvalue weighted by atomic mass is 10.2. The van der Waals surface area contributed by atoms with Gasteiger partial charge in [-0.3, -0.25) is 4.79 Å². The number of aldehydes is 1. The van der Waals surface area contributed by atoms with E-state index < -0.39 is 0 Å². The zero-order valence-corrected chi connectivity index (χ0v) is 11.6. The molecule has 0 N–H and O–H groups in total. The van der Waals surface area contributed by atoms with Crippen LogP contribution in [0.15, 0.2) is 12.1 Å². The van der Waals surface area contributed by atoms with Gasteiger partial charge in [0.05, 0.1) is 22.3 Å². The van der Waals surface area contributed by atoms with E-state index in [1.807, 2.05) is 0 Å². The largest absolute Gasteiger partial charge is 0.296 e. The third-order valence-corrected chi connectivity index (χ3v) is 3.77. The second-order valence-corrected chi connectivity index (χ2v) is 4.85. The maximum Gasteiger partial charge on any atom is 0.172 e. The standard InChI is InChI=1S/C11H8Cl3N3O/c1-6-10(5-18)15-16-17(6)4-7-8(12)2-3-9(13)11(7)14/h2-3,5H,4H2,1H3. The Bertz CT molecular complexity index is 610. The molecule has 0 saturated carbocycles. The molecule has 2 aromatic rings. The van der Waals surface area contributed by atoms with Crippen molar-refractivity contribution in [2.24, 2.45) is 0 Å². The van der Waals surface area contributed by atoms with Gasteiger partial charge in [-0.1, -0.05) is 40.0 Å². The van der Waals surface area contributed by atoms with E-state index >= 15 is 0 Å². The Morgan fingerprint density at radius 2 is 1.94 bits per heavy atom. The van der Waals surface area contributed by atoms with Gasteiger partial charge in [-0.2, -0.15) is 0 Å². The normalized spacial score (nSPS) is 10.7. The van der Waals surface area contributed by atoms with Gasteiger partial charge in [0.1, 0.15) is 5.69 Å². The van der Waals surface area contributed by atoms with Crippen LogP contribution in [0.1, 0.15) is 21.7 Å². The molecule has 0 bridgehead atoms. The molecule has 0 aliphatic carbocycles. The summed E-state index contributed by atoms with van der Waals surface area (Å²) in [5.74, 6) is 0. The van der Waals surface area contributed by atoms with Crippen LogP contribution in [0.4, 0.5) is 0 Å². The zero-order valence-electron chi connectivity index (χ0n) is 9.32. The summed E-state index contributed by atoms with van der Waals surface area (Å²) in [6, 6.07) is 3.29. The van der Waals surface area contributed by atoms with Crippen molar-refractivity contribution in [3.63, 3.8) is 0 Å². The highest BCUT2D eigenvalue weighted by atomic mass is 35.5. The average molecular weight is 305 g/mol. The monoisotopic (exact) mass is 303 g/mol. The molecule has 94 valence electrons. The molecular weight excluding hydrogens is 296 g/mol. The molecule has 0 atom stereocenters. The number of rotatable bonds is 3. The van der Waals surface area contributed by atoms with Gasteiger partial charge in [0.15, 0.2) is 6.29 Å². The highest BCUT2D eigenvalue weighted by Gasteiger charge is 2.13. The minimum absolute atomic E-state index is 0.296. The van der Waals surface area contributed by atoms with Gasteiger partial charge in [-0.05, 0) is 19.1 Å². The molecule has 0 fully saturated rings. The van der Waals surface area contributed by atoms with E-state index in [1.165, 1.54) is 0 Å². The Labute approximate surface area is 118 Å². The topological polar surface area (TPSA) is 47.8 Å². The molecule has 0 saturated heterocycles. The quantitative estimate of drug-likeness (QED) is 0.645. The lowest BCUT2D eigenvalue weighted by Gasteiger charge is -2.09. The second kappa shape index (κ2) is 5.26. The molecule has 1 aromatic carbocycles. The Balaban J connectivity index is 2.43. The lowest BCUT2D eigenvalue weighted by Crippen LogP contribution is -2.05. The van der Waals surface area contributed by atoms with E-state index in [1.54, 1.807) is 23.7 Å². The molecule has 18 heavy (non-hydrogen) atoms. The molecular formula is C11H8Cl3N3O. The number of carbonyl (C=O) groups is 1. The molecule has 2 rings (SSSR count). The summed E-state index contributed by atoms with van der Waals surface area (Å²) in [4.78, 5) is 10.7. The Morgan fingerprint density at radius 3 is 2.56 bits per heavy atom. The van der Waals surface area contributed by atoms with Gasteiger partial charge in [-0.25, -0.2) is 4.68 Å². The third kappa shape index (κ3) is 2.36. The van der Waals surface area contributed by atoms with Crippen molar-refractivity contribution in [2.75, 3.05) is 0 Å². The number of hydrogen-bond donors (Lipinski definition) is 0. The molecule has 4 nitrogen and oxygen atoms in total. The van der Waals surface area contributed by atoms with Crippen LogP contribution in [-0.2, 0) is 6.54 Å². The van der Waals surface area contributed by atoms with E-state index in [9.17, 15) is 4.79 Å². The van der Waals surface area contributed by atoms with Crippen molar-refractivity contribution in [3.8, 4) is 0 Å². The van der Waals surface area contributed by atoms with Gasteiger partial charge in [0, 0.05) is 10.6 Å². The van der Waals surface area contributed by atoms with Crippen molar-refractivity contribution in [3.05, 3.63) is 44.2 Å². The number of aromatic nitrogens is 3. The first-order valence-corrected chi connectivity index (χ1v) is 6.15. The van der Waals surface area contributed by atoms with Crippen LogP contribution >= 0.6 is 34.8 Å². The Morgan fingerprint density at radius 1 is 1.28 bits per heavy atom. The third-order valence-electron chi connectivity index (χ3n) is 2.58. The summed E-state index contributed by atoms with van der Waals surface area (Å²) in [6.07, 6.45) is 0.653. The van der Waals surface area contributed by atoms with E-state index in [4.69, 9.17) is 34.8 Å². The molecule has 0 spiro atoms. The van der Waals surface area contributed by atoms with Crippen LogP contribution < -0.4 is 0 Å². The number of halogens is 3. The van der Waals surface area contributed by atoms with Gasteiger partial charge in [0.2, 0.25) is 0 Å². The number of benzene rings is 1. The molecule has 7 heteroatoms. The zero-order chi connectivity index (χ0) is 13.3. The molecule has 0 aliphatic rings. The van der Waals surface area contributed by atoms with Crippen LogP contribution in [-0.4, -0.2) is 21.3 Å². The Hall–Kier alpha value is -1.10. The summed E-state index contributed by atoms with van der Waals surface area (Å²) >= 11 is 18.1. The summed E-state index contributed by atoms with van der Waals surface area (Å²) in [6.45, 7) is 2.06. The predicted molar refractivity (Wildman–Crippen MR) is 70.7 cm³/mol. The van der Waals surface area contributed by atoms with Gasteiger partial charge in [-0.15, -0.1) is 5.10 Å². The maximum absolute atomic E-state index is 10.7. The lowest BCUT2D eigenvalue weighted by molar-refractivity contribution is 0.111. The van der Waals surface area contributed by atoms with Crippen molar-refractivity contribution in [1.82, 2.24) is 15.0 Å². The van der Waals surface area contributed by atoms with Crippen LogP contribution in [0.2, 0.25) is 15.1 Å². The van der Waals surface area contributed by atoms with E-state index in [0.717, 1.165) is 0 Å². The molecule has 0 unspecified atom stereocenters. The second-order valence-electron chi connectivity index (χ2n) is 3.66. The molecule has 1 aromatic heterocycles. The van der Waals surface area contributed by atoms with Crippen LogP contribution in [0, 0.1) is 6.92 Å². The van der Waals surface area contributed by atoms with Crippen molar-refractivity contribution >= 4 is 41.1 Å². The molecule has 1 heterocycles. The highest BCUT2D eigenvalue weighted by Crippen LogP contribution is 2.32. The number of hydrogen-bond acceptors (Lipinski definition) is 3. The SMILES string of the molecule is Cc1c(C=O)nnn1Cc1c(Cl)ccc(Cl)c1Cl. The van der Waals surface area contributed by atoms with Crippen molar-refractivity contribution in [1.29, 1.82) is 0 Å². The minimum Gasteiger partial charge on any atom is -0.296 e. The Kier molecular flexibility index (Phi) is 3.90. The fraction of sp³-hybridized carbons (Fsp3) is 0.182. The first-order valence-electron chi connectivity index (χ1n) is 5.02. The van der Waals surface area contributed by atoms with Gasteiger partial charge >= 0.3 is 0 Å². The maximum atomic E-state index is 10.7. The van der Waals surface area contributed by atoms with Crippen molar-refractivity contribution in [2.45, 2.75) is 13.5 Å². The van der Waals surface area contributed by atoms with E-state index in [-0.39, 0.29) is 0 Å². The molecule has 0 aliphatic heterocycles. The smallest absolute Gasteiger partial charge is 0.172 e. The van der Waals surface area contributed by atoms with E-state index in [0.29, 0.717) is 44.9 Å². The van der Waals surface area contributed by atoms with E-state index in [2.05, 4.69) is 10.3 Å². The summed E-state index contributed by atoms with van der Waals surface area (Å²) in [5.41, 5.74) is 1.60. The first kappa shape index (κ1) is 13.3. The average Bonchev–Trinajstić information content (AvgIpc) is 2.71. The van der Waals surface area contributed by atoms with Crippen LogP contribution in [0.5, 0.6) is 0 Å². The molecule has 0 radical (unpaired) electrons.